The van der Waals surface area contributed by atoms with E-state index < -0.39 is 16.4 Å². The van der Waals surface area contributed by atoms with E-state index in [1.165, 1.54) is 15.3 Å². The minimum atomic E-state index is -0.723. The zero-order chi connectivity index (χ0) is 19.5. The number of likely N-dealkylation sites (tertiary alicyclic amines) is 1. The molecule has 4 rings (SSSR count). The van der Waals surface area contributed by atoms with Gasteiger partial charge in [0.05, 0.1) is 17.8 Å². The Labute approximate surface area is 170 Å². The zero-order valence-electron chi connectivity index (χ0n) is 17.1. The third-order valence-electron chi connectivity index (χ3n) is 6.18. The van der Waals surface area contributed by atoms with Gasteiger partial charge in [-0.15, -0.1) is 11.3 Å². The van der Waals surface area contributed by atoms with Crippen LogP contribution in [0.1, 0.15) is 61.8 Å². The predicted octanol–water partition coefficient (Wildman–Crippen LogP) is 3.47. The maximum atomic E-state index is 11.6. The highest BCUT2D eigenvalue weighted by Crippen LogP contribution is 2.45. The number of aryl methyl sites for hydroxylation is 1. The number of aliphatic hydroxyl groups is 1. The second-order valence-corrected chi connectivity index (χ2v) is 10.8. The number of piperidine rings is 1. The Morgan fingerprint density at radius 1 is 1.22 bits per heavy atom. The Morgan fingerprint density at radius 2 is 1.89 bits per heavy atom. The molecule has 0 saturated carbocycles. The highest BCUT2D eigenvalue weighted by molar-refractivity contribution is 7.85. The van der Waals surface area contributed by atoms with Crippen molar-refractivity contribution in [1.82, 2.24) is 4.90 Å². The molecule has 0 amide bonds. The summed E-state index contributed by atoms with van der Waals surface area (Å²) >= 11 is 1.97. The molecule has 6 heteroatoms. The molecule has 0 unspecified atom stereocenters. The summed E-state index contributed by atoms with van der Waals surface area (Å²) in [5.74, 6) is 1.30. The molecule has 2 saturated heterocycles. The second-order valence-electron chi connectivity index (χ2n) is 7.84. The molecule has 4 nitrogen and oxygen atoms in total. The third kappa shape index (κ3) is 4.67. The molecule has 1 spiro atoms. The van der Waals surface area contributed by atoms with Crippen molar-refractivity contribution in [1.29, 1.82) is 0 Å². The van der Waals surface area contributed by atoms with Crippen LogP contribution in [-0.4, -0.2) is 57.6 Å². The van der Waals surface area contributed by atoms with Crippen LogP contribution in [0.25, 0.3) is 0 Å². The molecule has 154 valence electrons. The standard InChI is InChI=1S/C19H29NO3S2.C2H6/c1-2-15-13-16-17(24-15)3-10-23-19(16)4-8-20(9-5-19)14-18(21)6-11-25(22)12-7-18;1-2/h13,21H,2-12,14H2,1H3;1-2H3. The molecule has 1 aromatic rings. The van der Waals surface area contributed by atoms with Gasteiger partial charge in [-0.05, 0) is 43.7 Å². The number of hydrogen-bond acceptors (Lipinski definition) is 5. The van der Waals surface area contributed by atoms with E-state index in [4.69, 9.17) is 4.74 Å². The Balaban J connectivity index is 0.00000102. The van der Waals surface area contributed by atoms with E-state index in [-0.39, 0.29) is 5.60 Å². The number of fused-ring (bicyclic) bond motifs is 2. The summed E-state index contributed by atoms with van der Waals surface area (Å²) in [5.41, 5.74) is 0.714. The van der Waals surface area contributed by atoms with Crippen molar-refractivity contribution in [3.05, 3.63) is 21.4 Å². The van der Waals surface area contributed by atoms with Gasteiger partial charge in [0.2, 0.25) is 0 Å². The normalized spacial score (nSPS) is 30.4. The van der Waals surface area contributed by atoms with E-state index in [1.807, 2.05) is 25.2 Å². The molecule has 1 N–H and O–H groups in total. The smallest absolute Gasteiger partial charge is 0.0966 e. The van der Waals surface area contributed by atoms with Gasteiger partial charge in [-0.1, -0.05) is 20.8 Å². The zero-order valence-corrected chi connectivity index (χ0v) is 18.7. The minimum Gasteiger partial charge on any atom is -0.388 e. The summed E-state index contributed by atoms with van der Waals surface area (Å²) in [5, 5.41) is 10.8. The van der Waals surface area contributed by atoms with Gasteiger partial charge >= 0.3 is 0 Å². The molecule has 1 aromatic heterocycles. The molecule has 27 heavy (non-hydrogen) atoms. The van der Waals surface area contributed by atoms with Crippen LogP contribution >= 0.6 is 11.3 Å². The van der Waals surface area contributed by atoms with Gasteiger partial charge in [-0.3, -0.25) is 4.21 Å². The molecule has 0 atom stereocenters. The molecule has 0 aliphatic carbocycles. The lowest BCUT2D eigenvalue weighted by molar-refractivity contribution is -0.107. The first-order chi connectivity index (χ1) is 13.0. The van der Waals surface area contributed by atoms with E-state index in [0.717, 1.165) is 51.9 Å². The lowest BCUT2D eigenvalue weighted by atomic mass is 9.81. The van der Waals surface area contributed by atoms with Crippen LogP contribution in [0.2, 0.25) is 0 Å². The first-order valence-corrected chi connectivity index (χ1v) is 12.9. The highest BCUT2D eigenvalue weighted by Gasteiger charge is 2.43. The predicted molar refractivity (Wildman–Crippen MR) is 114 cm³/mol. The van der Waals surface area contributed by atoms with Crippen molar-refractivity contribution in [2.75, 3.05) is 37.7 Å². The van der Waals surface area contributed by atoms with Gasteiger partial charge < -0.3 is 14.7 Å². The number of ether oxygens (including phenoxy) is 1. The van der Waals surface area contributed by atoms with Gasteiger partial charge in [0.25, 0.3) is 0 Å². The Bertz CT molecular complexity index is 640. The van der Waals surface area contributed by atoms with Gasteiger partial charge in [-0.2, -0.15) is 0 Å². The Morgan fingerprint density at radius 3 is 2.52 bits per heavy atom. The van der Waals surface area contributed by atoms with E-state index in [9.17, 15) is 9.32 Å². The molecule has 2 fully saturated rings. The Kier molecular flexibility index (Phi) is 7.18. The van der Waals surface area contributed by atoms with Crippen molar-refractivity contribution < 1.29 is 14.1 Å². The number of thiophene rings is 1. The lowest BCUT2D eigenvalue weighted by Crippen LogP contribution is -2.52. The Hall–Kier alpha value is -0.270. The molecule has 3 aliphatic rings. The van der Waals surface area contributed by atoms with Crippen LogP contribution in [0.15, 0.2) is 6.07 Å². The summed E-state index contributed by atoms with van der Waals surface area (Å²) in [7, 11) is -0.723. The van der Waals surface area contributed by atoms with Crippen molar-refractivity contribution in [3.63, 3.8) is 0 Å². The van der Waals surface area contributed by atoms with Gasteiger partial charge in [-0.25, -0.2) is 0 Å². The SMILES string of the molecule is CC.CCc1cc2c(s1)CCOC21CCN(CC2(O)CCS(=O)CC2)CC1. The van der Waals surface area contributed by atoms with Crippen molar-refractivity contribution in [2.45, 2.75) is 70.5 Å². The van der Waals surface area contributed by atoms with Crippen LogP contribution in [0.4, 0.5) is 0 Å². The monoisotopic (exact) mass is 413 g/mol. The summed E-state index contributed by atoms with van der Waals surface area (Å²) in [6.07, 6.45) is 5.54. The molecule has 0 radical (unpaired) electrons. The number of hydrogen-bond donors (Lipinski definition) is 1. The maximum absolute atomic E-state index is 11.6. The maximum Gasteiger partial charge on any atom is 0.0966 e. The van der Waals surface area contributed by atoms with Crippen LogP contribution in [0, 0.1) is 0 Å². The van der Waals surface area contributed by atoms with E-state index in [2.05, 4.69) is 17.9 Å². The number of rotatable bonds is 3. The quantitative estimate of drug-likeness (QED) is 0.824. The fourth-order valence-electron chi connectivity index (χ4n) is 4.54. The molecular formula is C21H35NO3S2. The van der Waals surface area contributed by atoms with Crippen LogP contribution in [0.3, 0.4) is 0 Å². The van der Waals surface area contributed by atoms with E-state index in [0.29, 0.717) is 24.3 Å². The second kappa shape index (κ2) is 9.04. The fraction of sp³-hybridized carbons (Fsp3) is 0.810. The summed E-state index contributed by atoms with van der Waals surface area (Å²) in [4.78, 5) is 5.40. The molecule has 0 aromatic carbocycles. The molecular weight excluding hydrogens is 378 g/mol. The largest absolute Gasteiger partial charge is 0.388 e. The van der Waals surface area contributed by atoms with E-state index in [1.54, 1.807) is 0 Å². The summed E-state index contributed by atoms with van der Waals surface area (Å²) in [6.45, 7) is 9.74. The molecule has 0 bridgehead atoms. The minimum absolute atomic E-state index is 0.0926. The van der Waals surface area contributed by atoms with Gasteiger partial charge in [0.15, 0.2) is 0 Å². The third-order valence-corrected chi connectivity index (χ3v) is 8.84. The first kappa shape index (κ1) is 21.4. The van der Waals surface area contributed by atoms with Crippen molar-refractivity contribution in [3.8, 4) is 0 Å². The lowest BCUT2D eigenvalue weighted by Gasteiger charge is -2.46. The topological polar surface area (TPSA) is 49.8 Å². The van der Waals surface area contributed by atoms with Gasteiger partial charge in [0.1, 0.15) is 0 Å². The number of nitrogens with zero attached hydrogens (tertiary/aromatic N) is 1. The average molecular weight is 414 g/mol. The van der Waals surface area contributed by atoms with Crippen LogP contribution in [0.5, 0.6) is 0 Å². The molecule has 4 heterocycles. The summed E-state index contributed by atoms with van der Waals surface area (Å²) in [6, 6.07) is 2.39. The fourth-order valence-corrected chi connectivity index (χ4v) is 7.14. The molecule has 3 aliphatic heterocycles. The first-order valence-electron chi connectivity index (χ1n) is 10.6. The van der Waals surface area contributed by atoms with Crippen molar-refractivity contribution >= 4 is 22.1 Å². The average Bonchev–Trinajstić information content (AvgIpc) is 3.13. The van der Waals surface area contributed by atoms with E-state index >= 15 is 0 Å². The number of β-amino-alcohol motifs (C(OH)–C–C–N with tert-alkyl or cyclic N) is 1. The van der Waals surface area contributed by atoms with Crippen molar-refractivity contribution in [2.24, 2.45) is 0 Å². The summed E-state index contributed by atoms with van der Waals surface area (Å²) < 4.78 is 17.9. The highest BCUT2D eigenvalue weighted by atomic mass is 32.2. The van der Waals surface area contributed by atoms with Gasteiger partial charge in [0, 0.05) is 58.1 Å². The van der Waals surface area contributed by atoms with Crippen LogP contribution in [-0.2, 0) is 34.0 Å². The van der Waals surface area contributed by atoms with Crippen LogP contribution < -0.4 is 0 Å².